The average Bonchev–Trinajstić information content (AvgIpc) is 2.53. The zero-order valence-corrected chi connectivity index (χ0v) is 11.6. The van der Waals surface area contributed by atoms with E-state index < -0.39 is 5.91 Å². The molecule has 0 aliphatic carbocycles. The van der Waals surface area contributed by atoms with Crippen molar-refractivity contribution < 1.29 is 9.59 Å². The van der Waals surface area contributed by atoms with Crippen molar-refractivity contribution in [2.24, 2.45) is 5.73 Å². The van der Waals surface area contributed by atoms with Gasteiger partial charge < -0.3 is 10.6 Å². The molecule has 0 unspecified atom stereocenters. The number of hydrogen-bond donors (Lipinski definition) is 1. The summed E-state index contributed by atoms with van der Waals surface area (Å²) in [5.74, 6) is -0.639. The number of benzene rings is 1. The summed E-state index contributed by atoms with van der Waals surface area (Å²) in [6, 6.07) is 10.3. The van der Waals surface area contributed by atoms with E-state index in [1.807, 2.05) is 0 Å². The van der Waals surface area contributed by atoms with Gasteiger partial charge in [-0.15, -0.1) is 0 Å². The van der Waals surface area contributed by atoms with Crippen LogP contribution in [0.4, 0.5) is 5.69 Å². The van der Waals surface area contributed by atoms with Gasteiger partial charge in [-0.1, -0.05) is 12.1 Å². The second kappa shape index (κ2) is 6.47. The van der Waals surface area contributed by atoms with Gasteiger partial charge in [0, 0.05) is 24.9 Å². The minimum Gasteiger partial charge on any atom is -0.366 e. The minimum atomic E-state index is -0.474. The SMILES string of the molecule is CN(C(=O)C=Cc1ccc(C(N)=O)cc1)c1cccnc1. The molecule has 0 atom stereocenters. The van der Waals surface area contributed by atoms with Crippen LogP contribution < -0.4 is 10.6 Å². The Morgan fingerprint density at radius 3 is 2.48 bits per heavy atom. The quantitative estimate of drug-likeness (QED) is 0.869. The number of primary amides is 1. The van der Waals surface area contributed by atoms with Gasteiger partial charge in [0.25, 0.3) is 5.91 Å². The Bertz CT molecular complexity index is 664. The molecule has 0 bridgehead atoms. The molecule has 1 aromatic heterocycles. The smallest absolute Gasteiger partial charge is 0.250 e. The molecular weight excluding hydrogens is 266 g/mol. The molecule has 21 heavy (non-hydrogen) atoms. The number of nitrogens with zero attached hydrogens (tertiary/aromatic N) is 2. The summed E-state index contributed by atoms with van der Waals surface area (Å²) in [6.07, 6.45) is 6.41. The van der Waals surface area contributed by atoms with Crippen molar-refractivity contribution in [2.45, 2.75) is 0 Å². The molecule has 0 radical (unpaired) electrons. The van der Waals surface area contributed by atoms with Crippen molar-refractivity contribution in [3.05, 3.63) is 66.0 Å². The summed E-state index contributed by atoms with van der Waals surface area (Å²) in [4.78, 5) is 28.5. The Kier molecular flexibility index (Phi) is 4.46. The average molecular weight is 281 g/mol. The number of carbonyl (C=O) groups is 2. The predicted molar refractivity (Wildman–Crippen MR) is 81.6 cm³/mol. The first kappa shape index (κ1) is 14.5. The van der Waals surface area contributed by atoms with Crippen LogP contribution in [-0.4, -0.2) is 23.8 Å². The number of aromatic nitrogens is 1. The molecule has 0 aliphatic rings. The number of nitrogens with two attached hydrogens (primary N) is 1. The summed E-state index contributed by atoms with van der Waals surface area (Å²) < 4.78 is 0. The largest absolute Gasteiger partial charge is 0.366 e. The third kappa shape index (κ3) is 3.76. The van der Waals surface area contributed by atoms with Crippen molar-refractivity contribution in [2.75, 3.05) is 11.9 Å². The molecule has 0 aliphatic heterocycles. The van der Waals surface area contributed by atoms with Crippen molar-refractivity contribution >= 4 is 23.6 Å². The summed E-state index contributed by atoms with van der Waals surface area (Å²) in [6.45, 7) is 0. The lowest BCUT2D eigenvalue weighted by Gasteiger charge is -2.14. The van der Waals surface area contributed by atoms with E-state index in [9.17, 15) is 9.59 Å². The van der Waals surface area contributed by atoms with Crippen LogP contribution in [0.2, 0.25) is 0 Å². The Hall–Kier alpha value is -2.95. The monoisotopic (exact) mass is 281 g/mol. The van der Waals surface area contributed by atoms with Crippen LogP contribution in [0.1, 0.15) is 15.9 Å². The number of amides is 2. The highest BCUT2D eigenvalue weighted by atomic mass is 16.2. The minimum absolute atomic E-state index is 0.165. The van der Waals surface area contributed by atoms with Crippen molar-refractivity contribution in [3.8, 4) is 0 Å². The van der Waals surface area contributed by atoms with Crippen LogP contribution in [0.5, 0.6) is 0 Å². The van der Waals surface area contributed by atoms with Crippen molar-refractivity contribution in [1.82, 2.24) is 4.98 Å². The lowest BCUT2D eigenvalue weighted by Crippen LogP contribution is -2.23. The Labute approximate surface area is 122 Å². The molecule has 2 amide bonds. The standard InChI is InChI=1S/C16H15N3O2/c1-19(14-3-2-10-18-11-14)15(20)9-6-12-4-7-13(8-5-12)16(17)21/h2-11H,1H3,(H2,17,21). The molecule has 5 nitrogen and oxygen atoms in total. The van der Waals surface area contributed by atoms with E-state index in [2.05, 4.69) is 4.98 Å². The lowest BCUT2D eigenvalue weighted by molar-refractivity contribution is -0.113. The van der Waals surface area contributed by atoms with Gasteiger partial charge in [-0.3, -0.25) is 14.6 Å². The highest BCUT2D eigenvalue weighted by Gasteiger charge is 2.07. The number of hydrogen-bond acceptors (Lipinski definition) is 3. The zero-order valence-electron chi connectivity index (χ0n) is 11.6. The van der Waals surface area contributed by atoms with Gasteiger partial charge in [0.1, 0.15) is 0 Å². The van der Waals surface area contributed by atoms with Crippen molar-refractivity contribution in [3.63, 3.8) is 0 Å². The molecule has 106 valence electrons. The highest BCUT2D eigenvalue weighted by Crippen LogP contribution is 2.11. The van der Waals surface area contributed by atoms with Crippen LogP contribution in [0.15, 0.2) is 54.9 Å². The third-order valence-electron chi connectivity index (χ3n) is 2.98. The maximum absolute atomic E-state index is 12.0. The molecule has 5 heteroatoms. The van der Waals surface area contributed by atoms with E-state index in [1.165, 1.54) is 11.0 Å². The molecule has 2 N–H and O–H groups in total. The van der Waals surface area contributed by atoms with Crippen molar-refractivity contribution in [1.29, 1.82) is 0 Å². The fourth-order valence-electron chi connectivity index (χ4n) is 1.72. The fraction of sp³-hybridized carbons (Fsp3) is 0.0625. The predicted octanol–water partition coefficient (Wildman–Crippen LogP) is 1.86. The first-order valence-corrected chi connectivity index (χ1v) is 6.33. The van der Waals surface area contributed by atoms with E-state index in [1.54, 1.807) is 61.9 Å². The Morgan fingerprint density at radius 1 is 1.19 bits per heavy atom. The Morgan fingerprint density at radius 2 is 1.90 bits per heavy atom. The molecule has 0 spiro atoms. The summed E-state index contributed by atoms with van der Waals surface area (Å²) in [7, 11) is 1.68. The fourth-order valence-corrected chi connectivity index (χ4v) is 1.72. The van der Waals surface area contributed by atoms with E-state index in [0.29, 0.717) is 5.56 Å². The molecule has 0 saturated carbocycles. The maximum atomic E-state index is 12.0. The van der Waals surface area contributed by atoms with Gasteiger partial charge in [0.2, 0.25) is 5.91 Å². The van der Waals surface area contributed by atoms with Crippen LogP contribution in [0.3, 0.4) is 0 Å². The highest BCUT2D eigenvalue weighted by molar-refractivity contribution is 6.03. The first-order chi connectivity index (χ1) is 10.1. The van der Waals surface area contributed by atoms with Crippen LogP contribution >= 0.6 is 0 Å². The molecule has 0 fully saturated rings. The molecule has 1 heterocycles. The van der Waals surface area contributed by atoms with Crippen LogP contribution in [0.25, 0.3) is 6.08 Å². The molecule has 2 rings (SSSR count). The molecule has 0 saturated heterocycles. The van der Waals surface area contributed by atoms with Crippen LogP contribution in [-0.2, 0) is 4.79 Å². The summed E-state index contributed by atoms with van der Waals surface area (Å²) >= 11 is 0. The topological polar surface area (TPSA) is 76.3 Å². The van der Waals surface area contributed by atoms with Gasteiger partial charge in [-0.05, 0) is 35.9 Å². The van der Waals surface area contributed by atoms with Gasteiger partial charge in [0.15, 0.2) is 0 Å². The number of carbonyl (C=O) groups excluding carboxylic acids is 2. The van der Waals surface area contributed by atoms with E-state index in [4.69, 9.17) is 5.73 Å². The number of anilines is 1. The molecule has 1 aromatic carbocycles. The molecular formula is C16H15N3O2. The number of likely N-dealkylation sites (N-methyl/N-ethyl adjacent to an activating group) is 1. The third-order valence-corrected chi connectivity index (χ3v) is 2.98. The Balaban J connectivity index is 2.06. The number of rotatable bonds is 4. The lowest BCUT2D eigenvalue weighted by atomic mass is 10.1. The van der Waals surface area contributed by atoms with Gasteiger partial charge in [-0.25, -0.2) is 0 Å². The number of pyridine rings is 1. The van der Waals surface area contributed by atoms with E-state index in [0.717, 1.165) is 11.3 Å². The normalized spacial score (nSPS) is 10.5. The van der Waals surface area contributed by atoms with Crippen LogP contribution in [0, 0.1) is 0 Å². The summed E-state index contributed by atoms with van der Waals surface area (Å²) in [5.41, 5.74) is 7.13. The molecule has 2 aromatic rings. The van der Waals surface area contributed by atoms with E-state index in [-0.39, 0.29) is 5.91 Å². The second-order valence-corrected chi connectivity index (χ2v) is 4.43. The first-order valence-electron chi connectivity index (χ1n) is 6.33. The van der Waals surface area contributed by atoms with Gasteiger partial charge in [-0.2, -0.15) is 0 Å². The maximum Gasteiger partial charge on any atom is 0.250 e. The van der Waals surface area contributed by atoms with Gasteiger partial charge >= 0.3 is 0 Å². The van der Waals surface area contributed by atoms with E-state index >= 15 is 0 Å². The van der Waals surface area contributed by atoms with Gasteiger partial charge in [0.05, 0.1) is 11.9 Å². The second-order valence-electron chi connectivity index (χ2n) is 4.43. The summed E-state index contributed by atoms with van der Waals surface area (Å²) in [5, 5.41) is 0. The zero-order chi connectivity index (χ0) is 15.2.